The van der Waals surface area contributed by atoms with E-state index in [1.807, 2.05) is 0 Å². The minimum Gasteiger partial charge on any atom is -0.354 e. The molecule has 11 heteroatoms. The van der Waals surface area contributed by atoms with Crippen molar-refractivity contribution in [1.82, 2.24) is 20.3 Å². The molecule has 8 nitrogen and oxygen atoms in total. The second-order valence-corrected chi connectivity index (χ2v) is 13.2. The molecule has 0 unspecified atom stereocenters. The molecule has 3 N–H and O–H groups in total. The van der Waals surface area contributed by atoms with E-state index < -0.39 is 15.8 Å². The molecule has 0 amide bonds. The van der Waals surface area contributed by atoms with E-state index in [1.165, 1.54) is 17.4 Å². The normalized spacial score (nSPS) is 15.1. The quantitative estimate of drug-likeness (QED) is 0.336. The third-order valence-corrected chi connectivity index (χ3v) is 9.14. The monoisotopic (exact) mass is 546 g/mol. The van der Waals surface area contributed by atoms with Crippen LogP contribution in [0.1, 0.15) is 52.0 Å². The number of sulfonamides is 1. The molecule has 0 radical (unpaired) electrons. The molecule has 1 aromatic carbocycles. The van der Waals surface area contributed by atoms with Crippen molar-refractivity contribution in [1.29, 1.82) is 0 Å². The van der Waals surface area contributed by atoms with Gasteiger partial charge in [0, 0.05) is 23.7 Å². The van der Waals surface area contributed by atoms with Crippen LogP contribution >= 0.6 is 11.3 Å². The second kappa shape index (κ2) is 11.4. The molecule has 0 spiro atoms. The summed E-state index contributed by atoms with van der Waals surface area (Å²) in [7, 11) is -3.65. The van der Waals surface area contributed by atoms with Crippen LogP contribution in [0, 0.1) is 11.7 Å². The third kappa shape index (κ3) is 6.82. The Bertz CT molecular complexity index is 1330. The molecular weight excluding hydrogens is 511 g/mol. The first-order valence-corrected chi connectivity index (χ1v) is 15.1. The van der Waals surface area contributed by atoms with Crippen molar-refractivity contribution in [2.45, 2.75) is 52.4 Å². The Labute approximate surface area is 222 Å². The summed E-state index contributed by atoms with van der Waals surface area (Å²) in [6.45, 7) is 10.8. The summed E-state index contributed by atoms with van der Waals surface area (Å²) in [5.74, 6) is 0.343. The van der Waals surface area contributed by atoms with Crippen LogP contribution in [0.4, 0.5) is 16.0 Å². The van der Waals surface area contributed by atoms with Crippen molar-refractivity contribution in [3.8, 4) is 21.8 Å². The minimum absolute atomic E-state index is 0.0825. The summed E-state index contributed by atoms with van der Waals surface area (Å²) < 4.78 is 42.7. The zero-order valence-corrected chi connectivity index (χ0v) is 23.4. The molecule has 0 bridgehead atoms. The highest BCUT2D eigenvalue weighted by atomic mass is 32.2. The van der Waals surface area contributed by atoms with E-state index in [1.54, 1.807) is 31.3 Å². The van der Waals surface area contributed by atoms with Crippen molar-refractivity contribution >= 4 is 33.0 Å². The lowest BCUT2D eigenvalue weighted by Gasteiger charge is -2.22. The van der Waals surface area contributed by atoms with Gasteiger partial charge in [-0.05, 0) is 56.5 Å². The number of halogens is 1. The highest BCUT2D eigenvalue weighted by Gasteiger charge is 2.26. The first kappa shape index (κ1) is 27.4. The highest BCUT2D eigenvalue weighted by Crippen LogP contribution is 2.42. The molecule has 1 fully saturated rings. The zero-order chi connectivity index (χ0) is 26.6. The molecule has 0 aliphatic carbocycles. The summed E-state index contributed by atoms with van der Waals surface area (Å²) in [4.78, 5) is 14.7. The topological polar surface area (TPSA) is 109 Å². The van der Waals surface area contributed by atoms with Gasteiger partial charge in [-0.15, -0.1) is 11.3 Å². The van der Waals surface area contributed by atoms with E-state index in [9.17, 15) is 8.42 Å². The number of hydrogen-bond acceptors (Lipinski definition) is 8. The largest absolute Gasteiger partial charge is 0.354 e. The maximum Gasteiger partial charge on any atom is 0.232 e. The predicted octanol–water partition coefficient (Wildman–Crippen LogP) is 5.27. The first-order valence-electron chi connectivity index (χ1n) is 12.7. The Morgan fingerprint density at radius 2 is 1.92 bits per heavy atom. The van der Waals surface area contributed by atoms with Gasteiger partial charge in [-0.3, -0.25) is 4.72 Å². The second-order valence-electron chi connectivity index (χ2n) is 10.4. The Morgan fingerprint density at radius 3 is 2.62 bits per heavy atom. The third-order valence-electron chi connectivity index (χ3n) is 6.16. The molecule has 1 saturated heterocycles. The number of hydrogen-bond donors (Lipinski definition) is 3. The predicted molar refractivity (Wildman–Crippen MR) is 149 cm³/mol. The minimum atomic E-state index is -3.65. The SMILES string of the molecule is CCCS(=O)(=O)Nc1cccc(-c2nc(C(C)(C)C)sc2-c2ccnc(NCC3CCNCC3)n2)c1F. The summed E-state index contributed by atoms with van der Waals surface area (Å²) in [5, 5.41) is 7.57. The van der Waals surface area contributed by atoms with Crippen LogP contribution in [0.25, 0.3) is 21.8 Å². The van der Waals surface area contributed by atoms with Crippen molar-refractivity contribution in [3.63, 3.8) is 0 Å². The number of piperidine rings is 1. The van der Waals surface area contributed by atoms with Crippen LogP contribution < -0.4 is 15.4 Å². The number of anilines is 2. The van der Waals surface area contributed by atoms with E-state index in [-0.39, 0.29) is 22.4 Å². The van der Waals surface area contributed by atoms with E-state index in [0.717, 1.165) is 37.5 Å². The van der Waals surface area contributed by atoms with Gasteiger partial charge in [0.2, 0.25) is 16.0 Å². The molecule has 1 aliphatic rings. The smallest absolute Gasteiger partial charge is 0.232 e. The van der Waals surface area contributed by atoms with Gasteiger partial charge in [0.15, 0.2) is 5.82 Å². The average Bonchev–Trinajstić information content (AvgIpc) is 3.31. The molecule has 0 atom stereocenters. The van der Waals surface area contributed by atoms with E-state index in [4.69, 9.17) is 9.97 Å². The summed E-state index contributed by atoms with van der Waals surface area (Å²) in [6.07, 6.45) is 4.35. The maximum absolute atomic E-state index is 15.7. The number of nitrogens with one attached hydrogen (secondary N) is 3. The molecular formula is C26H35FN6O2S2. The number of rotatable bonds is 9. The number of aromatic nitrogens is 3. The van der Waals surface area contributed by atoms with Gasteiger partial charge in [-0.1, -0.05) is 33.8 Å². The number of nitrogens with zero attached hydrogens (tertiary/aromatic N) is 3. The fourth-order valence-electron chi connectivity index (χ4n) is 4.17. The van der Waals surface area contributed by atoms with E-state index in [2.05, 4.69) is 41.1 Å². The van der Waals surface area contributed by atoms with Gasteiger partial charge in [-0.25, -0.2) is 27.8 Å². The lowest BCUT2D eigenvalue weighted by molar-refractivity contribution is 0.389. The molecule has 1 aliphatic heterocycles. The lowest BCUT2D eigenvalue weighted by atomic mass is 9.98. The molecule has 200 valence electrons. The highest BCUT2D eigenvalue weighted by molar-refractivity contribution is 7.92. The fraction of sp³-hybridized carbons (Fsp3) is 0.500. The number of thiazole rings is 1. The van der Waals surface area contributed by atoms with Crippen molar-refractivity contribution < 1.29 is 12.8 Å². The Hall–Kier alpha value is -2.63. The standard InChI is InChI=1S/C26H35FN6O2S2/c1-5-15-37(34,35)33-19-8-6-7-18(21(19)27)22-23(36-24(32-22)26(2,3)4)20-11-14-29-25(31-20)30-16-17-9-12-28-13-10-17/h6-8,11,14,17,28,33H,5,9-10,12-13,15-16H2,1-4H3,(H,29,30,31). The summed E-state index contributed by atoms with van der Waals surface area (Å²) in [5.41, 5.74) is 0.946. The van der Waals surface area contributed by atoms with Crippen LogP contribution in [0.15, 0.2) is 30.5 Å². The fourth-order valence-corrected chi connectivity index (χ4v) is 6.41. The van der Waals surface area contributed by atoms with Crippen LogP contribution in [0.3, 0.4) is 0 Å². The number of benzene rings is 1. The van der Waals surface area contributed by atoms with E-state index in [0.29, 0.717) is 34.6 Å². The van der Waals surface area contributed by atoms with Crippen LogP contribution in [-0.2, 0) is 15.4 Å². The summed E-state index contributed by atoms with van der Waals surface area (Å²) in [6, 6.07) is 6.48. The van der Waals surface area contributed by atoms with Crippen molar-refractivity contribution in [3.05, 3.63) is 41.3 Å². The van der Waals surface area contributed by atoms with Gasteiger partial charge < -0.3 is 10.6 Å². The van der Waals surface area contributed by atoms with E-state index >= 15 is 4.39 Å². The summed E-state index contributed by atoms with van der Waals surface area (Å²) >= 11 is 1.46. The lowest BCUT2D eigenvalue weighted by Crippen LogP contribution is -2.31. The maximum atomic E-state index is 15.7. The molecule has 3 aromatic rings. The van der Waals surface area contributed by atoms with Crippen LogP contribution in [0.2, 0.25) is 0 Å². The van der Waals surface area contributed by atoms with Gasteiger partial charge in [-0.2, -0.15) is 0 Å². The zero-order valence-electron chi connectivity index (χ0n) is 21.8. The van der Waals surface area contributed by atoms with Gasteiger partial charge in [0.25, 0.3) is 0 Å². The Kier molecular flexibility index (Phi) is 8.45. The Morgan fingerprint density at radius 1 is 1.16 bits per heavy atom. The first-order chi connectivity index (χ1) is 17.6. The Balaban J connectivity index is 1.71. The molecule has 37 heavy (non-hydrogen) atoms. The van der Waals surface area contributed by atoms with Crippen molar-refractivity contribution in [2.75, 3.05) is 35.4 Å². The van der Waals surface area contributed by atoms with Crippen molar-refractivity contribution in [2.24, 2.45) is 5.92 Å². The van der Waals surface area contributed by atoms with Crippen LogP contribution in [0.5, 0.6) is 0 Å². The molecule has 4 rings (SSSR count). The van der Waals surface area contributed by atoms with Crippen LogP contribution in [-0.4, -0.2) is 48.8 Å². The van der Waals surface area contributed by atoms with Gasteiger partial charge in [0.05, 0.1) is 32.7 Å². The molecule has 2 aromatic heterocycles. The average molecular weight is 547 g/mol. The van der Waals surface area contributed by atoms with Gasteiger partial charge in [0.1, 0.15) is 0 Å². The van der Waals surface area contributed by atoms with Gasteiger partial charge >= 0.3 is 0 Å². The molecule has 0 saturated carbocycles. The molecule has 3 heterocycles.